The van der Waals surface area contributed by atoms with Crippen LogP contribution >= 0.6 is 11.3 Å². The van der Waals surface area contributed by atoms with Gasteiger partial charge in [-0.05, 0) is 30.9 Å². The first kappa shape index (κ1) is 7.72. The summed E-state index contributed by atoms with van der Waals surface area (Å²) in [6.07, 6.45) is 0. The Kier molecular flexibility index (Phi) is 2.43. The second kappa shape index (κ2) is 3.14. The highest BCUT2D eigenvalue weighted by molar-refractivity contribution is 7.10. The van der Waals surface area contributed by atoms with Crippen LogP contribution in [0.2, 0.25) is 0 Å². The van der Waals surface area contributed by atoms with E-state index in [1.807, 2.05) is 6.92 Å². The van der Waals surface area contributed by atoms with Crippen LogP contribution in [0.1, 0.15) is 23.4 Å². The van der Waals surface area contributed by atoms with Crippen molar-refractivity contribution in [2.24, 2.45) is 5.84 Å². The molecule has 10 heavy (non-hydrogen) atoms. The second-order valence-electron chi connectivity index (χ2n) is 2.38. The van der Waals surface area contributed by atoms with Crippen molar-refractivity contribution in [3.05, 3.63) is 21.9 Å². The molecule has 1 aromatic rings. The number of rotatable bonds is 2. The van der Waals surface area contributed by atoms with Gasteiger partial charge in [0.25, 0.3) is 0 Å². The molecule has 1 unspecified atom stereocenters. The molecule has 0 radical (unpaired) electrons. The summed E-state index contributed by atoms with van der Waals surface area (Å²) in [5.74, 6) is 5.27. The summed E-state index contributed by atoms with van der Waals surface area (Å²) in [5.41, 5.74) is 3.97. The summed E-state index contributed by atoms with van der Waals surface area (Å²) < 4.78 is 0. The first-order valence-corrected chi connectivity index (χ1v) is 4.13. The SMILES string of the molecule is Cc1cc(C(C)NN)cs1. The lowest BCUT2D eigenvalue weighted by atomic mass is 10.2. The Morgan fingerprint density at radius 3 is 2.80 bits per heavy atom. The molecule has 0 spiro atoms. The first-order chi connectivity index (χ1) is 4.74. The highest BCUT2D eigenvalue weighted by Gasteiger charge is 2.02. The average molecular weight is 156 g/mol. The highest BCUT2D eigenvalue weighted by Crippen LogP contribution is 2.18. The van der Waals surface area contributed by atoms with Gasteiger partial charge in [0.05, 0.1) is 0 Å². The van der Waals surface area contributed by atoms with Gasteiger partial charge in [0.1, 0.15) is 0 Å². The van der Waals surface area contributed by atoms with Gasteiger partial charge in [-0.2, -0.15) is 0 Å². The van der Waals surface area contributed by atoms with E-state index in [1.165, 1.54) is 10.4 Å². The molecule has 0 aliphatic rings. The number of aryl methyl sites for hydroxylation is 1. The Bertz CT molecular complexity index is 207. The molecule has 2 nitrogen and oxygen atoms in total. The summed E-state index contributed by atoms with van der Waals surface area (Å²) in [5, 5.41) is 2.12. The van der Waals surface area contributed by atoms with Gasteiger partial charge < -0.3 is 0 Å². The number of hydrogen-bond acceptors (Lipinski definition) is 3. The monoisotopic (exact) mass is 156 g/mol. The summed E-state index contributed by atoms with van der Waals surface area (Å²) in [4.78, 5) is 1.33. The molecule has 0 aromatic carbocycles. The van der Waals surface area contributed by atoms with Crippen LogP contribution < -0.4 is 11.3 Å². The lowest BCUT2D eigenvalue weighted by Crippen LogP contribution is -2.25. The van der Waals surface area contributed by atoms with Crippen molar-refractivity contribution in [2.45, 2.75) is 19.9 Å². The highest BCUT2D eigenvalue weighted by atomic mass is 32.1. The van der Waals surface area contributed by atoms with Gasteiger partial charge in [0.2, 0.25) is 0 Å². The molecule has 0 saturated heterocycles. The van der Waals surface area contributed by atoms with E-state index in [9.17, 15) is 0 Å². The third-order valence-electron chi connectivity index (χ3n) is 1.50. The molecule has 56 valence electrons. The Hall–Kier alpha value is -0.380. The molecular weight excluding hydrogens is 144 g/mol. The van der Waals surface area contributed by atoms with Gasteiger partial charge >= 0.3 is 0 Å². The van der Waals surface area contributed by atoms with Crippen molar-refractivity contribution in [1.82, 2.24) is 5.43 Å². The van der Waals surface area contributed by atoms with Crippen LogP contribution in [-0.4, -0.2) is 0 Å². The van der Waals surface area contributed by atoms with Gasteiger partial charge in [-0.25, -0.2) is 0 Å². The minimum absolute atomic E-state index is 0.268. The van der Waals surface area contributed by atoms with Gasteiger partial charge in [-0.15, -0.1) is 11.3 Å². The molecule has 3 N–H and O–H groups in total. The van der Waals surface area contributed by atoms with E-state index in [0.717, 1.165) is 0 Å². The summed E-state index contributed by atoms with van der Waals surface area (Å²) in [6, 6.07) is 2.42. The maximum absolute atomic E-state index is 5.27. The van der Waals surface area contributed by atoms with E-state index in [-0.39, 0.29) is 6.04 Å². The lowest BCUT2D eigenvalue weighted by molar-refractivity contribution is 0.604. The fourth-order valence-electron chi connectivity index (χ4n) is 0.787. The maximum atomic E-state index is 5.27. The summed E-state index contributed by atoms with van der Waals surface area (Å²) in [7, 11) is 0. The zero-order chi connectivity index (χ0) is 7.56. The van der Waals surface area contributed by atoms with E-state index >= 15 is 0 Å². The predicted molar refractivity (Wildman–Crippen MR) is 44.8 cm³/mol. The van der Waals surface area contributed by atoms with Crippen molar-refractivity contribution in [3.8, 4) is 0 Å². The van der Waals surface area contributed by atoms with E-state index in [0.29, 0.717) is 0 Å². The number of thiophene rings is 1. The van der Waals surface area contributed by atoms with Crippen LogP contribution in [-0.2, 0) is 0 Å². The third kappa shape index (κ3) is 1.56. The largest absolute Gasteiger partial charge is 0.271 e. The van der Waals surface area contributed by atoms with Crippen LogP contribution in [0.4, 0.5) is 0 Å². The van der Waals surface area contributed by atoms with Crippen molar-refractivity contribution >= 4 is 11.3 Å². The summed E-state index contributed by atoms with van der Waals surface area (Å²) >= 11 is 1.75. The Labute approximate surface area is 65.0 Å². The van der Waals surface area contributed by atoms with Crippen molar-refractivity contribution < 1.29 is 0 Å². The van der Waals surface area contributed by atoms with Crippen LogP contribution in [0.5, 0.6) is 0 Å². The van der Waals surface area contributed by atoms with E-state index < -0.39 is 0 Å². The molecule has 1 heterocycles. The Morgan fingerprint density at radius 1 is 1.70 bits per heavy atom. The van der Waals surface area contributed by atoms with Gasteiger partial charge in [0.15, 0.2) is 0 Å². The number of hydrazine groups is 1. The van der Waals surface area contributed by atoms with E-state index in [4.69, 9.17) is 5.84 Å². The number of nitrogens with two attached hydrogens (primary N) is 1. The molecule has 1 rings (SSSR count). The van der Waals surface area contributed by atoms with Crippen LogP contribution in [0.25, 0.3) is 0 Å². The molecule has 0 aliphatic heterocycles. The van der Waals surface area contributed by atoms with Crippen LogP contribution in [0.3, 0.4) is 0 Å². The van der Waals surface area contributed by atoms with Crippen LogP contribution in [0.15, 0.2) is 11.4 Å². The lowest BCUT2D eigenvalue weighted by Gasteiger charge is -2.05. The zero-order valence-corrected chi connectivity index (χ0v) is 7.03. The van der Waals surface area contributed by atoms with Gasteiger partial charge in [-0.1, -0.05) is 0 Å². The maximum Gasteiger partial charge on any atom is 0.0440 e. The second-order valence-corrected chi connectivity index (χ2v) is 3.49. The molecular formula is C7H12N2S. The standard InChI is InChI=1S/C7H12N2S/c1-5-3-7(4-10-5)6(2)9-8/h3-4,6,9H,8H2,1-2H3. The quantitative estimate of drug-likeness (QED) is 0.504. The molecule has 1 aromatic heterocycles. The Balaban J connectivity index is 2.74. The number of hydrogen-bond donors (Lipinski definition) is 2. The molecule has 1 atom stereocenters. The van der Waals surface area contributed by atoms with Gasteiger partial charge in [-0.3, -0.25) is 11.3 Å². The normalized spacial score (nSPS) is 13.5. The average Bonchev–Trinajstić information content (AvgIpc) is 2.34. The van der Waals surface area contributed by atoms with Crippen molar-refractivity contribution in [3.63, 3.8) is 0 Å². The Morgan fingerprint density at radius 2 is 2.40 bits per heavy atom. The van der Waals surface area contributed by atoms with Crippen LogP contribution in [0, 0.1) is 6.92 Å². The smallest absolute Gasteiger partial charge is 0.0440 e. The molecule has 0 bridgehead atoms. The van der Waals surface area contributed by atoms with E-state index in [1.54, 1.807) is 11.3 Å². The first-order valence-electron chi connectivity index (χ1n) is 3.25. The molecule has 3 heteroatoms. The molecule has 0 aliphatic carbocycles. The fraction of sp³-hybridized carbons (Fsp3) is 0.429. The van der Waals surface area contributed by atoms with Gasteiger partial charge in [0, 0.05) is 10.9 Å². The summed E-state index contributed by atoms with van der Waals surface area (Å²) in [6.45, 7) is 4.14. The fourth-order valence-corrected chi connectivity index (χ4v) is 1.59. The molecule has 0 amide bonds. The number of nitrogens with one attached hydrogen (secondary N) is 1. The van der Waals surface area contributed by atoms with E-state index in [2.05, 4.69) is 23.8 Å². The molecule has 0 fully saturated rings. The predicted octanol–water partition coefficient (Wildman–Crippen LogP) is 1.58. The molecule has 0 saturated carbocycles. The minimum Gasteiger partial charge on any atom is -0.271 e. The van der Waals surface area contributed by atoms with Crippen molar-refractivity contribution in [2.75, 3.05) is 0 Å². The zero-order valence-electron chi connectivity index (χ0n) is 6.22. The van der Waals surface area contributed by atoms with Crippen molar-refractivity contribution in [1.29, 1.82) is 0 Å². The topological polar surface area (TPSA) is 38.0 Å². The third-order valence-corrected chi connectivity index (χ3v) is 2.38. The minimum atomic E-state index is 0.268.